The van der Waals surface area contributed by atoms with Crippen LogP contribution in [0.3, 0.4) is 0 Å². The molecule has 0 saturated carbocycles. The summed E-state index contributed by atoms with van der Waals surface area (Å²) in [6.45, 7) is 7.98. The molecule has 0 spiro atoms. The molecule has 0 aromatic rings. The van der Waals surface area contributed by atoms with Gasteiger partial charge in [-0.05, 0) is 25.8 Å². The van der Waals surface area contributed by atoms with Crippen molar-refractivity contribution in [2.75, 3.05) is 33.4 Å². The summed E-state index contributed by atoms with van der Waals surface area (Å²) >= 11 is 0. The molecular weight excluding hydrogens is 178 g/mol. The molecule has 0 aliphatic rings. The van der Waals surface area contributed by atoms with E-state index >= 15 is 0 Å². The summed E-state index contributed by atoms with van der Waals surface area (Å²) < 4.78 is 10.7. The number of hydrogen-bond donors (Lipinski definition) is 1. The van der Waals surface area contributed by atoms with E-state index in [0.717, 1.165) is 39.1 Å². The van der Waals surface area contributed by atoms with Gasteiger partial charge in [0, 0.05) is 26.9 Å². The van der Waals surface area contributed by atoms with Crippen molar-refractivity contribution >= 4 is 0 Å². The van der Waals surface area contributed by atoms with Gasteiger partial charge >= 0.3 is 0 Å². The van der Waals surface area contributed by atoms with Gasteiger partial charge in [-0.25, -0.2) is 0 Å². The van der Waals surface area contributed by atoms with Crippen LogP contribution >= 0.6 is 0 Å². The second-order valence-corrected chi connectivity index (χ2v) is 3.45. The SMILES string of the molecule is CCCNCC(CC)OCCCOC. The maximum Gasteiger partial charge on any atom is 0.0696 e. The third-order valence-corrected chi connectivity index (χ3v) is 2.10. The zero-order valence-corrected chi connectivity index (χ0v) is 9.84. The molecule has 0 fully saturated rings. The molecule has 1 atom stereocenters. The first kappa shape index (κ1) is 13.9. The molecule has 0 amide bonds. The third kappa shape index (κ3) is 8.48. The average molecular weight is 203 g/mol. The fraction of sp³-hybridized carbons (Fsp3) is 1.00. The Hall–Kier alpha value is -0.120. The number of nitrogens with one attached hydrogen (secondary N) is 1. The summed E-state index contributed by atoms with van der Waals surface area (Å²) in [6, 6.07) is 0. The highest BCUT2D eigenvalue weighted by molar-refractivity contribution is 4.59. The molecule has 1 unspecified atom stereocenters. The lowest BCUT2D eigenvalue weighted by atomic mass is 10.2. The van der Waals surface area contributed by atoms with Crippen LogP contribution in [0.4, 0.5) is 0 Å². The molecule has 0 saturated heterocycles. The lowest BCUT2D eigenvalue weighted by Gasteiger charge is -2.16. The van der Waals surface area contributed by atoms with Crippen molar-refractivity contribution in [1.29, 1.82) is 0 Å². The van der Waals surface area contributed by atoms with Gasteiger partial charge in [-0.2, -0.15) is 0 Å². The molecule has 0 aliphatic heterocycles. The Labute approximate surface area is 88.2 Å². The van der Waals surface area contributed by atoms with Crippen molar-refractivity contribution < 1.29 is 9.47 Å². The normalized spacial score (nSPS) is 13.1. The molecule has 14 heavy (non-hydrogen) atoms. The second-order valence-electron chi connectivity index (χ2n) is 3.45. The van der Waals surface area contributed by atoms with Crippen molar-refractivity contribution in [3.63, 3.8) is 0 Å². The fourth-order valence-electron chi connectivity index (χ4n) is 1.21. The van der Waals surface area contributed by atoms with E-state index in [1.165, 1.54) is 6.42 Å². The molecule has 0 aromatic heterocycles. The predicted octanol–water partition coefficient (Wildman–Crippen LogP) is 1.82. The average Bonchev–Trinajstić information content (AvgIpc) is 2.22. The van der Waals surface area contributed by atoms with Crippen molar-refractivity contribution in [1.82, 2.24) is 5.32 Å². The lowest BCUT2D eigenvalue weighted by Crippen LogP contribution is -2.29. The Balaban J connectivity index is 3.28. The van der Waals surface area contributed by atoms with Crippen molar-refractivity contribution in [2.45, 2.75) is 39.2 Å². The number of ether oxygens (including phenoxy) is 2. The molecule has 0 radical (unpaired) electrons. The van der Waals surface area contributed by atoms with E-state index in [9.17, 15) is 0 Å². The van der Waals surface area contributed by atoms with Gasteiger partial charge in [0.1, 0.15) is 0 Å². The molecular formula is C11H25NO2. The first-order valence-corrected chi connectivity index (χ1v) is 5.66. The highest BCUT2D eigenvalue weighted by atomic mass is 16.5. The molecule has 0 aromatic carbocycles. The summed E-state index contributed by atoms with van der Waals surface area (Å²) in [4.78, 5) is 0. The van der Waals surface area contributed by atoms with Crippen molar-refractivity contribution in [3.05, 3.63) is 0 Å². The van der Waals surface area contributed by atoms with E-state index in [-0.39, 0.29) is 0 Å². The Kier molecular flexibility index (Phi) is 10.9. The Bertz CT molecular complexity index is 109. The zero-order valence-electron chi connectivity index (χ0n) is 9.84. The van der Waals surface area contributed by atoms with E-state index in [4.69, 9.17) is 9.47 Å². The minimum absolute atomic E-state index is 0.360. The summed E-state index contributed by atoms with van der Waals surface area (Å²) in [5, 5.41) is 3.37. The van der Waals surface area contributed by atoms with Gasteiger partial charge in [-0.1, -0.05) is 13.8 Å². The third-order valence-electron chi connectivity index (χ3n) is 2.10. The van der Waals surface area contributed by atoms with E-state index in [1.807, 2.05) is 0 Å². The zero-order chi connectivity index (χ0) is 10.6. The summed E-state index contributed by atoms with van der Waals surface area (Å²) in [5.41, 5.74) is 0. The van der Waals surface area contributed by atoms with Crippen LogP contribution in [0.25, 0.3) is 0 Å². The first-order valence-electron chi connectivity index (χ1n) is 5.66. The molecule has 3 heteroatoms. The highest BCUT2D eigenvalue weighted by Gasteiger charge is 2.04. The van der Waals surface area contributed by atoms with Crippen LogP contribution < -0.4 is 5.32 Å². The van der Waals surface area contributed by atoms with Crippen LogP contribution in [-0.4, -0.2) is 39.5 Å². The van der Waals surface area contributed by atoms with Crippen LogP contribution in [0.15, 0.2) is 0 Å². The van der Waals surface area contributed by atoms with Gasteiger partial charge in [0.2, 0.25) is 0 Å². The van der Waals surface area contributed by atoms with Crippen LogP contribution in [0.2, 0.25) is 0 Å². The molecule has 0 heterocycles. The van der Waals surface area contributed by atoms with Crippen LogP contribution in [0.1, 0.15) is 33.1 Å². The Morgan fingerprint density at radius 1 is 1.21 bits per heavy atom. The largest absolute Gasteiger partial charge is 0.385 e. The fourth-order valence-corrected chi connectivity index (χ4v) is 1.21. The minimum atomic E-state index is 0.360. The Morgan fingerprint density at radius 3 is 2.57 bits per heavy atom. The molecule has 0 rings (SSSR count). The molecule has 3 nitrogen and oxygen atoms in total. The quantitative estimate of drug-likeness (QED) is 0.549. The number of methoxy groups -OCH3 is 1. The molecule has 86 valence electrons. The summed E-state index contributed by atoms with van der Waals surface area (Å²) in [5.74, 6) is 0. The van der Waals surface area contributed by atoms with Crippen LogP contribution in [0, 0.1) is 0 Å². The van der Waals surface area contributed by atoms with Gasteiger partial charge < -0.3 is 14.8 Å². The van der Waals surface area contributed by atoms with Crippen LogP contribution in [0.5, 0.6) is 0 Å². The Morgan fingerprint density at radius 2 is 2.00 bits per heavy atom. The lowest BCUT2D eigenvalue weighted by molar-refractivity contribution is 0.0377. The van der Waals surface area contributed by atoms with Gasteiger partial charge in [-0.3, -0.25) is 0 Å². The monoisotopic (exact) mass is 203 g/mol. The number of hydrogen-bond acceptors (Lipinski definition) is 3. The first-order chi connectivity index (χ1) is 6.85. The smallest absolute Gasteiger partial charge is 0.0696 e. The molecule has 0 bridgehead atoms. The standard InChI is InChI=1S/C11H25NO2/c1-4-7-12-10-11(5-2)14-9-6-8-13-3/h11-12H,4-10H2,1-3H3. The predicted molar refractivity (Wildman–Crippen MR) is 59.7 cm³/mol. The van der Waals surface area contributed by atoms with E-state index in [2.05, 4.69) is 19.2 Å². The minimum Gasteiger partial charge on any atom is -0.385 e. The number of rotatable bonds is 10. The van der Waals surface area contributed by atoms with E-state index < -0.39 is 0 Å². The molecule has 1 N–H and O–H groups in total. The highest BCUT2D eigenvalue weighted by Crippen LogP contribution is 1.97. The maximum atomic E-state index is 5.70. The second kappa shape index (κ2) is 11.0. The topological polar surface area (TPSA) is 30.5 Å². The van der Waals surface area contributed by atoms with Gasteiger partial charge in [0.15, 0.2) is 0 Å². The van der Waals surface area contributed by atoms with E-state index in [0.29, 0.717) is 6.10 Å². The summed E-state index contributed by atoms with van der Waals surface area (Å²) in [6.07, 6.45) is 3.60. The molecule has 0 aliphatic carbocycles. The van der Waals surface area contributed by atoms with Crippen molar-refractivity contribution in [3.8, 4) is 0 Å². The maximum absolute atomic E-state index is 5.70. The summed E-state index contributed by atoms with van der Waals surface area (Å²) in [7, 11) is 1.72. The van der Waals surface area contributed by atoms with Gasteiger partial charge in [-0.15, -0.1) is 0 Å². The van der Waals surface area contributed by atoms with Crippen LogP contribution in [-0.2, 0) is 9.47 Å². The van der Waals surface area contributed by atoms with Gasteiger partial charge in [0.25, 0.3) is 0 Å². The van der Waals surface area contributed by atoms with Gasteiger partial charge in [0.05, 0.1) is 6.10 Å². The van der Waals surface area contributed by atoms with Crippen molar-refractivity contribution in [2.24, 2.45) is 0 Å². The van der Waals surface area contributed by atoms with E-state index in [1.54, 1.807) is 7.11 Å².